The maximum absolute atomic E-state index is 13.6. The molecular formula is C26H28FNO3. The zero-order valence-electron chi connectivity index (χ0n) is 18.4. The number of carbonyl (C=O) groups excluding carboxylic acids is 1. The van der Waals surface area contributed by atoms with E-state index in [2.05, 4.69) is 26.0 Å². The topological polar surface area (TPSA) is 42.7 Å². The van der Waals surface area contributed by atoms with Gasteiger partial charge in [-0.15, -0.1) is 0 Å². The largest absolute Gasteiger partial charge is 0.485 e. The summed E-state index contributed by atoms with van der Waals surface area (Å²) in [6, 6.07) is 14.2. The van der Waals surface area contributed by atoms with Crippen LogP contribution in [0, 0.1) is 12.7 Å². The van der Waals surface area contributed by atoms with Crippen LogP contribution in [0.3, 0.4) is 0 Å². The molecular weight excluding hydrogens is 393 g/mol. The summed E-state index contributed by atoms with van der Waals surface area (Å²) < 4.78 is 25.5. The molecule has 4 rings (SSSR count). The third-order valence-corrected chi connectivity index (χ3v) is 5.83. The molecule has 0 bridgehead atoms. The highest BCUT2D eigenvalue weighted by Gasteiger charge is 2.31. The standard InChI is InChI=1S/C26H28FNO3/c1-16(2)22-10-5-17(3)13-25(22)30-15-21-9-12-24(31-21)26(29)28-18(4)6-7-19-14-20(27)8-11-23(19)28/h5,8-14,16,18H,6-7,15H2,1-4H3/t18-/m1/s1. The van der Waals surface area contributed by atoms with Crippen molar-refractivity contribution in [2.75, 3.05) is 4.90 Å². The number of benzene rings is 2. The van der Waals surface area contributed by atoms with Crippen molar-refractivity contribution >= 4 is 11.6 Å². The molecule has 5 heteroatoms. The van der Waals surface area contributed by atoms with Gasteiger partial charge < -0.3 is 14.1 Å². The first-order chi connectivity index (χ1) is 14.8. The molecule has 1 aliphatic heterocycles. The summed E-state index contributed by atoms with van der Waals surface area (Å²) in [5.41, 5.74) is 3.87. The lowest BCUT2D eigenvalue weighted by atomic mass is 9.96. The molecule has 1 atom stereocenters. The Bertz CT molecular complexity index is 1100. The third-order valence-electron chi connectivity index (χ3n) is 5.83. The summed E-state index contributed by atoms with van der Waals surface area (Å²) >= 11 is 0. The summed E-state index contributed by atoms with van der Waals surface area (Å²) in [5, 5.41) is 0. The van der Waals surface area contributed by atoms with Crippen LogP contribution in [0.15, 0.2) is 52.9 Å². The van der Waals surface area contributed by atoms with Crippen LogP contribution in [0.5, 0.6) is 5.75 Å². The van der Waals surface area contributed by atoms with Crippen molar-refractivity contribution in [3.8, 4) is 5.75 Å². The lowest BCUT2D eigenvalue weighted by Gasteiger charge is -2.34. The molecule has 0 fully saturated rings. The fraction of sp³-hybridized carbons (Fsp3) is 0.346. The number of carbonyl (C=O) groups is 1. The summed E-state index contributed by atoms with van der Waals surface area (Å²) in [5.74, 6) is 1.52. The van der Waals surface area contributed by atoms with E-state index in [9.17, 15) is 9.18 Å². The summed E-state index contributed by atoms with van der Waals surface area (Å²) in [6.45, 7) is 8.54. The molecule has 0 N–H and O–H groups in total. The minimum atomic E-state index is -0.282. The monoisotopic (exact) mass is 421 g/mol. The molecule has 31 heavy (non-hydrogen) atoms. The van der Waals surface area contributed by atoms with E-state index in [1.807, 2.05) is 19.9 Å². The number of nitrogens with zero attached hydrogens (tertiary/aromatic N) is 1. The van der Waals surface area contributed by atoms with Gasteiger partial charge in [-0.3, -0.25) is 4.79 Å². The normalized spacial score (nSPS) is 15.8. The average molecular weight is 422 g/mol. The smallest absolute Gasteiger partial charge is 0.294 e. The van der Waals surface area contributed by atoms with E-state index in [1.54, 1.807) is 23.1 Å². The fourth-order valence-electron chi connectivity index (χ4n) is 4.11. The molecule has 0 radical (unpaired) electrons. The van der Waals surface area contributed by atoms with Gasteiger partial charge in [-0.25, -0.2) is 4.39 Å². The van der Waals surface area contributed by atoms with E-state index in [0.717, 1.165) is 41.0 Å². The van der Waals surface area contributed by atoms with Crippen LogP contribution >= 0.6 is 0 Å². The molecule has 162 valence electrons. The number of aryl methyl sites for hydroxylation is 2. The third kappa shape index (κ3) is 4.36. The first-order valence-corrected chi connectivity index (χ1v) is 10.8. The zero-order valence-corrected chi connectivity index (χ0v) is 18.4. The van der Waals surface area contributed by atoms with Crippen molar-refractivity contribution in [1.82, 2.24) is 0 Å². The minimum absolute atomic E-state index is 0.0103. The van der Waals surface area contributed by atoms with Gasteiger partial charge in [-0.1, -0.05) is 26.0 Å². The number of hydrogen-bond acceptors (Lipinski definition) is 3. The number of hydrogen-bond donors (Lipinski definition) is 0. The molecule has 3 aromatic rings. The van der Waals surface area contributed by atoms with Gasteiger partial charge in [0.1, 0.15) is 23.9 Å². The quantitative estimate of drug-likeness (QED) is 0.478. The second-order valence-corrected chi connectivity index (χ2v) is 8.59. The van der Waals surface area contributed by atoms with Gasteiger partial charge in [0.2, 0.25) is 0 Å². The van der Waals surface area contributed by atoms with Gasteiger partial charge in [-0.05, 0) is 85.7 Å². The van der Waals surface area contributed by atoms with Crippen molar-refractivity contribution in [3.63, 3.8) is 0 Å². The summed E-state index contributed by atoms with van der Waals surface area (Å²) in [6.07, 6.45) is 1.54. The van der Waals surface area contributed by atoms with Gasteiger partial charge in [-0.2, -0.15) is 0 Å². The Morgan fingerprint density at radius 2 is 2.00 bits per heavy atom. The van der Waals surface area contributed by atoms with Gasteiger partial charge in [0.25, 0.3) is 5.91 Å². The number of anilines is 1. The van der Waals surface area contributed by atoms with E-state index in [1.165, 1.54) is 12.1 Å². The average Bonchev–Trinajstić information content (AvgIpc) is 3.21. The van der Waals surface area contributed by atoms with E-state index >= 15 is 0 Å². The Labute approximate surface area is 182 Å². The first kappa shape index (κ1) is 21.2. The SMILES string of the molecule is Cc1ccc(C(C)C)c(OCc2ccc(C(=O)N3c4ccc(F)cc4CC[C@H]3C)o2)c1. The lowest BCUT2D eigenvalue weighted by molar-refractivity contribution is 0.0944. The number of amides is 1. The fourth-order valence-corrected chi connectivity index (χ4v) is 4.11. The van der Waals surface area contributed by atoms with Gasteiger partial charge in [0, 0.05) is 11.7 Å². The molecule has 0 aliphatic carbocycles. The van der Waals surface area contributed by atoms with Crippen molar-refractivity contribution in [1.29, 1.82) is 0 Å². The maximum atomic E-state index is 13.6. The van der Waals surface area contributed by atoms with E-state index in [-0.39, 0.29) is 30.1 Å². The van der Waals surface area contributed by atoms with Crippen LogP contribution in [0.2, 0.25) is 0 Å². The molecule has 0 saturated heterocycles. The Balaban J connectivity index is 1.52. The predicted molar refractivity (Wildman–Crippen MR) is 119 cm³/mol. The number of rotatable bonds is 5. The minimum Gasteiger partial charge on any atom is -0.485 e. The highest BCUT2D eigenvalue weighted by atomic mass is 19.1. The summed E-state index contributed by atoms with van der Waals surface area (Å²) in [4.78, 5) is 14.9. The van der Waals surface area contributed by atoms with Crippen LogP contribution in [0.4, 0.5) is 10.1 Å². The van der Waals surface area contributed by atoms with Crippen LogP contribution < -0.4 is 9.64 Å². The Kier molecular flexibility index (Phi) is 5.86. The first-order valence-electron chi connectivity index (χ1n) is 10.8. The van der Waals surface area contributed by atoms with Crippen LogP contribution in [-0.2, 0) is 13.0 Å². The van der Waals surface area contributed by atoms with Crippen LogP contribution in [-0.4, -0.2) is 11.9 Å². The Hall–Kier alpha value is -3.08. The highest BCUT2D eigenvalue weighted by Crippen LogP contribution is 2.33. The maximum Gasteiger partial charge on any atom is 0.294 e. The number of ether oxygens (including phenoxy) is 1. The molecule has 2 aromatic carbocycles. The lowest BCUT2D eigenvalue weighted by Crippen LogP contribution is -2.42. The zero-order chi connectivity index (χ0) is 22.1. The van der Waals surface area contributed by atoms with Gasteiger partial charge in [0.05, 0.1) is 0 Å². The van der Waals surface area contributed by atoms with E-state index in [0.29, 0.717) is 11.7 Å². The van der Waals surface area contributed by atoms with Crippen molar-refractivity contribution in [3.05, 3.63) is 82.6 Å². The second kappa shape index (κ2) is 8.58. The molecule has 2 heterocycles. The molecule has 1 amide bonds. The van der Waals surface area contributed by atoms with Crippen molar-refractivity contribution < 1.29 is 18.3 Å². The molecule has 0 unspecified atom stereocenters. The van der Waals surface area contributed by atoms with Gasteiger partial charge in [0.15, 0.2) is 5.76 Å². The van der Waals surface area contributed by atoms with Crippen LogP contribution in [0.1, 0.15) is 66.1 Å². The number of fused-ring (bicyclic) bond motifs is 1. The number of furan rings is 1. The number of halogens is 1. The van der Waals surface area contributed by atoms with Crippen LogP contribution in [0.25, 0.3) is 0 Å². The van der Waals surface area contributed by atoms with Crippen molar-refractivity contribution in [2.24, 2.45) is 0 Å². The van der Waals surface area contributed by atoms with E-state index in [4.69, 9.17) is 9.15 Å². The molecule has 0 spiro atoms. The highest BCUT2D eigenvalue weighted by molar-refractivity contribution is 6.05. The van der Waals surface area contributed by atoms with Gasteiger partial charge >= 0.3 is 0 Å². The van der Waals surface area contributed by atoms with E-state index < -0.39 is 0 Å². The second-order valence-electron chi connectivity index (χ2n) is 8.59. The summed E-state index contributed by atoms with van der Waals surface area (Å²) in [7, 11) is 0. The Morgan fingerprint density at radius 1 is 1.19 bits per heavy atom. The molecule has 1 aromatic heterocycles. The predicted octanol–water partition coefficient (Wildman–Crippen LogP) is 6.41. The molecule has 0 saturated carbocycles. The molecule has 1 aliphatic rings. The Morgan fingerprint density at radius 3 is 2.77 bits per heavy atom. The van der Waals surface area contributed by atoms with Crippen molar-refractivity contribution in [2.45, 2.75) is 59.1 Å². The molecule has 4 nitrogen and oxygen atoms in total.